The number of carbonyl (C=O) groups is 2. The highest BCUT2D eigenvalue weighted by Gasteiger charge is 2.12. The van der Waals surface area contributed by atoms with Gasteiger partial charge in [-0.05, 0) is 6.42 Å². The molecule has 0 saturated carbocycles. The van der Waals surface area contributed by atoms with Crippen LogP contribution < -0.4 is 0 Å². The maximum atomic E-state index is 12.0. The Morgan fingerprint density at radius 3 is 2.08 bits per heavy atom. The van der Waals surface area contributed by atoms with Gasteiger partial charge in [0.05, 0.1) is 13.0 Å². The molecule has 148 valence electrons. The van der Waals surface area contributed by atoms with E-state index in [1.807, 2.05) is 0 Å². The Balaban J connectivity index is 3.57. The van der Waals surface area contributed by atoms with Crippen molar-refractivity contribution in [3.63, 3.8) is 0 Å². The van der Waals surface area contributed by atoms with Crippen molar-refractivity contribution in [2.45, 2.75) is 83.7 Å². The van der Waals surface area contributed by atoms with Crippen molar-refractivity contribution >= 4 is 11.9 Å². The standard InChI is InChI=1S/C19H37NO5/c1-3-4-5-6-7-8-9-10-11-12-18(23)20(2)14-13-19(24)25-16-17(22)15-21/h17,21-22H,3-16H2,1-2H3. The molecule has 0 bridgehead atoms. The number of rotatable bonds is 16. The summed E-state index contributed by atoms with van der Waals surface area (Å²) < 4.78 is 4.80. The van der Waals surface area contributed by atoms with Gasteiger partial charge in [-0.25, -0.2) is 0 Å². The molecule has 1 atom stereocenters. The maximum absolute atomic E-state index is 12.0. The van der Waals surface area contributed by atoms with Crippen molar-refractivity contribution in [3.8, 4) is 0 Å². The number of unbranched alkanes of at least 4 members (excludes halogenated alkanes) is 8. The number of nitrogens with zero attached hydrogens (tertiary/aromatic N) is 1. The monoisotopic (exact) mass is 359 g/mol. The summed E-state index contributed by atoms with van der Waals surface area (Å²) in [6, 6.07) is 0. The van der Waals surface area contributed by atoms with Crippen LogP contribution in [0.5, 0.6) is 0 Å². The largest absolute Gasteiger partial charge is 0.463 e. The van der Waals surface area contributed by atoms with Crippen molar-refractivity contribution in [3.05, 3.63) is 0 Å². The van der Waals surface area contributed by atoms with E-state index in [0.717, 1.165) is 12.8 Å². The Hall–Kier alpha value is -1.14. The van der Waals surface area contributed by atoms with E-state index in [2.05, 4.69) is 6.92 Å². The Kier molecular flexibility index (Phi) is 15.6. The molecule has 0 saturated heterocycles. The van der Waals surface area contributed by atoms with Crippen LogP contribution >= 0.6 is 0 Å². The number of carbonyl (C=O) groups excluding carboxylic acids is 2. The van der Waals surface area contributed by atoms with E-state index in [4.69, 9.17) is 14.9 Å². The van der Waals surface area contributed by atoms with Gasteiger partial charge in [0.1, 0.15) is 12.7 Å². The Morgan fingerprint density at radius 2 is 1.52 bits per heavy atom. The molecule has 1 amide bonds. The van der Waals surface area contributed by atoms with Crippen LogP contribution in [0.2, 0.25) is 0 Å². The first-order valence-electron chi connectivity index (χ1n) is 9.69. The summed E-state index contributed by atoms with van der Waals surface area (Å²) >= 11 is 0. The van der Waals surface area contributed by atoms with Gasteiger partial charge in [0.2, 0.25) is 5.91 Å². The van der Waals surface area contributed by atoms with Crippen LogP contribution in [-0.4, -0.2) is 59.9 Å². The first-order valence-corrected chi connectivity index (χ1v) is 9.69. The quantitative estimate of drug-likeness (QED) is 0.327. The van der Waals surface area contributed by atoms with Crippen LogP contribution in [0.25, 0.3) is 0 Å². The van der Waals surface area contributed by atoms with Gasteiger partial charge in [-0.1, -0.05) is 58.3 Å². The zero-order valence-electron chi connectivity index (χ0n) is 16.0. The summed E-state index contributed by atoms with van der Waals surface area (Å²) in [4.78, 5) is 25.0. The minimum Gasteiger partial charge on any atom is -0.463 e. The van der Waals surface area contributed by atoms with E-state index in [9.17, 15) is 9.59 Å². The summed E-state index contributed by atoms with van der Waals surface area (Å²) in [5.74, 6) is -0.429. The fourth-order valence-corrected chi connectivity index (χ4v) is 2.48. The molecule has 0 aromatic carbocycles. The van der Waals surface area contributed by atoms with Crippen molar-refractivity contribution in [1.29, 1.82) is 0 Å². The number of aliphatic hydroxyl groups is 2. The van der Waals surface area contributed by atoms with Gasteiger partial charge >= 0.3 is 5.97 Å². The van der Waals surface area contributed by atoms with Gasteiger partial charge in [-0.3, -0.25) is 9.59 Å². The number of aliphatic hydroxyl groups excluding tert-OH is 2. The third-order valence-corrected chi connectivity index (χ3v) is 4.22. The van der Waals surface area contributed by atoms with Crippen molar-refractivity contribution in [2.75, 3.05) is 26.8 Å². The fraction of sp³-hybridized carbons (Fsp3) is 0.895. The van der Waals surface area contributed by atoms with Crippen LogP contribution in [0, 0.1) is 0 Å². The summed E-state index contributed by atoms with van der Waals surface area (Å²) in [5, 5.41) is 17.7. The zero-order chi connectivity index (χ0) is 18.9. The minimum absolute atomic E-state index is 0.0474. The van der Waals surface area contributed by atoms with Crippen LogP contribution in [0.15, 0.2) is 0 Å². The predicted octanol–water partition coefficient (Wildman–Crippen LogP) is 2.65. The lowest BCUT2D eigenvalue weighted by atomic mass is 10.1. The third-order valence-electron chi connectivity index (χ3n) is 4.22. The highest BCUT2D eigenvalue weighted by Crippen LogP contribution is 2.11. The average Bonchev–Trinajstić information content (AvgIpc) is 2.62. The fourth-order valence-electron chi connectivity index (χ4n) is 2.48. The SMILES string of the molecule is CCCCCCCCCCCC(=O)N(C)CCC(=O)OCC(O)CO. The number of esters is 1. The lowest BCUT2D eigenvalue weighted by Crippen LogP contribution is -2.30. The van der Waals surface area contributed by atoms with Crippen LogP contribution in [0.4, 0.5) is 0 Å². The summed E-state index contributed by atoms with van der Waals surface area (Å²) in [6.07, 6.45) is 10.5. The molecule has 0 heterocycles. The number of hydrogen-bond acceptors (Lipinski definition) is 5. The molecule has 0 spiro atoms. The van der Waals surface area contributed by atoms with Crippen molar-refractivity contribution in [2.24, 2.45) is 0 Å². The van der Waals surface area contributed by atoms with Gasteiger partial charge in [-0.15, -0.1) is 0 Å². The summed E-state index contributed by atoms with van der Waals surface area (Å²) in [7, 11) is 1.69. The van der Waals surface area contributed by atoms with Gasteiger partial charge in [0.25, 0.3) is 0 Å². The van der Waals surface area contributed by atoms with E-state index < -0.39 is 18.7 Å². The molecule has 0 aromatic heterocycles. The minimum atomic E-state index is -1.05. The van der Waals surface area contributed by atoms with Gasteiger partial charge in [0.15, 0.2) is 0 Å². The summed E-state index contributed by atoms with van der Waals surface area (Å²) in [6.45, 7) is 1.87. The van der Waals surface area contributed by atoms with E-state index in [1.54, 1.807) is 11.9 Å². The normalized spacial score (nSPS) is 12.0. The summed E-state index contributed by atoms with van der Waals surface area (Å²) in [5.41, 5.74) is 0. The second kappa shape index (κ2) is 16.3. The predicted molar refractivity (Wildman–Crippen MR) is 98.1 cm³/mol. The van der Waals surface area contributed by atoms with E-state index in [-0.39, 0.29) is 18.9 Å². The second-order valence-electron chi connectivity index (χ2n) is 6.66. The zero-order valence-corrected chi connectivity index (χ0v) is 16.0. The second-order valence-corrected chi connectivity index (χ2v) is 6.66. The Morgan fingerprint density at radius 1 is 0.960 bits per heavy atom. The first kappa shape index (κ1) is 23.9. The lowest BCUT2D eigenvalue weighted by molar-refractivity contribution is -0.148. The molecule has 2 N–H and O–H groups in total. The Labute approximate surface area is 152 Å². The maximum Gasteiger partial charge on any atom is 0.307 e. The van der Waals surface area contributed by atoms with Gasteiger partial charge < -0.3 is 19.8 Å². The molecule has 0 aromatic rings. The molecular formula is C19H37NO5. The molecule has 6 nitrogen and oxygen atoms in total. The third kappa shape index (κ3) is 14.9. The molecule has 0 fully saturated rings. The molecule has 0 aliphatic carbocycles. The number of amides is 1. The molecular weight excluding hydrogens is 322 g/mol. The first-order chi connectivity index (χ1) is 12.0. The molecule has 1 unspecified atom stereocenters. The highest BCUT2D eigenvalue weighted by atomic mass is 16.5. The van der Waals surface area contributed by atoms with Gasteiger partial charge in [-0.2, -0.15) is 0 Å². The van der Waals surface area contributed by atoms with Gasteiger partial charge in [0, 0.05) is 20.0 Å². The lowest BCUT2D eigenvalue weighted by Gasteiger charge is -2.17. The molecule has 0 radical (unpaired) electrons. The van der Waals surface area contributed by atoms with Crippen molar-refractivity contribution in [1.82, 2.24) is 4.90 Å². The van der Waals surface area contributed by atoms with E-state index in [0.29, 0.717) is 13.0 Å². The van der Waals surface area contributed by atoms with Crippen LogP contribution in [0.3, 0.4) is 0 Å². The van der Waals surface area contributed by atoms with E-state index in [1.165, 1.54) is 44.9 Å². The van der Waals surface area contributed by atoms with Crippen LogP contribution in [-0.2, 0) is 14.3 Å². The molecule has 0 rings (SSSR count). The smallest absolute Gasteiger partial charge is 0.307 e. The number of hydrogen-bond donors (Lipinski definition) is 2. The topological polar surface area (TPSA) is 87.1 Å². The van der Waals surface area contributed by atoms with Crippen LogP contribution in [0.1, 0.15) is 77.6 Å². The molecule has 0 aliphatic rings. The van der Waals surface area contributed by atoms with Crippen molar-refractivity contribution < 1.29 is 24.5 Å². The number of ether oxygens (including phenoxy) is 1. The Bertz CT molecular complexity index is 349. The molecule has 6 heteroatoms. The molecule has 0 aliphatic heterocycles. The molecule has 25 heavy (non-hydrogen) atoms. The average molecular weight is 360 g/mol. The van der Waals surface area contributed by atoms with E-state index >= 15 is 0 Å². The highest BCUT2D eigenvalue weighted by molar-refractivity contribution is 5.77.